The molecule has 2 fully saturated rings. The highest BCUT2D eigenvalue weighted by molar-refractivity contribution is 7.26. The molecule has 2 saturated carbocycles. The lowest BCUT2D eigenvalue weighted by molar-refractivity contribution is 0.153. The Hall–Kier alpha value is -5.00. The molecule has 8 atom stereocenters. The van der Waals surface area contributed by atoms with Crippen molar-refractivity contribution in [3.8, 4) is 0 Å². The lowest BCUT2D eigenvalue weighted by atomic mass is 9.27. The van der Waals surface area contributed by atoms with Crippen molar-refractivity contribution < 1.29 is 0 Å². The number of aryl methyl sites for hydroxylation is 1. The fraction of sp³-hybridized carbons (Fsp3) is 0.500. The average Bonchev–Trinajstić information content (AvgIpc) is 4.14. The van der Waals surface area contributed by atoms with Crippen LogP contribution in [0.25, 0.3) is 20.2 Å². The molecule has 1 aromatic heterocycles. The zero-order chi connectivity index (χ0) is 53.6. The van der Waals surface area contributed by atoms with Crippen molar-refractivity contribution in [3.05, 3.63) is 159 Å². The molecule has 6 aliphatic carbocycles. The molecule has 396 valence electrons. The van der Waals surface area contributed by atoms with Gasteiger partial charge in [-0.15, -0.1) is 11.3 Å². The van der Waals surface area contributed by atoms with E-state index in [0.717, 1.165) is 6.42 Å². The zero-order valence-electron chi connectivity index (χ0n) is 49.3. The van der Waals surface area contributed by atoms with Crippen molar-refractivity contribution in [2.24, 2.45) is 39.4 Å². The van der Waals surface area contributed by atoms with E-state index in [-0.39, 0.29) is 56.6 Å². The zero-order valence-corrected chi connectivity index (χ0v) is 50.1. The number of hydrogen-bond acceptors (Lipinski definition) is 4. The van der Waals surface area contributed by atoms with Crippen LogP contribution in [0.15, 0.2) is 142 Å². The van der Waals surface area contributed by atoms with Crippen LogP contribution in [0.5, 0.6) is 0 Å². The third-order valence-electron chi connectivity index (χ3n) is 23.5. The Morgan fingerprint density at radius 3 is 2.16 bits per heavy atom. The van der Waals surface area contributed by atoms with E-state index < -0.39 is 0 Å². The van der Waals surface area contributed by atoms with Gasteiger partial charge in [-0.1, -0.05) is 175 Å². The molecular formula is C72H84BN3S. The second kappa shape index (κ2) is 15.5. The van der Waals surface area contributed by atoms with E-state index in [0.29, 0.717) is 17.8 Å². The number of benzene rings is 4. The third-order valence-corrected chi connectivity index (χ3v) is 24.7. The van der Waals surface area contributed by atoms with Crippen LogP contribution in [0.2, 0.25) is 5.82 Å². The number of thiophene rings is 1. The van der Waals surface area contributed by atoms with Gasteiger partial charge in [0, 0.05) is 66.4 Å². The van der Waals surface area contributed by atoms with Gasteiger partial charge < -0.3 is 14.7 Å². The quantitative estimate of drug-likeness (QED) is 0.155. The van der Waals surface area contributed by atoms with E-state index >= 15 is 0 Å². The van der Waals surface area contributed by atoms with Gasteiger partial charge >= 0.3 is 0 Å². The smallest absolute Gasteiger partial charge is 0.226 e. The Bertz CT molecular complexity index is 3690. The van der Waals surface area contributed by atoms with Crippen LogP contribution in [0.4, 0.5) is 22.7 Å². The summed E-state index contributed by atoms with van der Waals surface area (Å²) in [5, 5.41) is 2.76. The first-order chi connectivity index (χ1) is 36.4. The van der Waals surface area contributed by atoms with Gasteiger partial charge in [-0.3, -0.25) is 0 Å². The molecule has 6 bridgehead atoms. The topological polar surface area (TPSA) is 9.72 Å². The maximum atomic E-state index is 3.02. The van der Waals surface area contributed by atoms with E-state index in [4.69, 9.17) is 0 Å². The minimum atomic E-state index is -0.0744. The number of rotatable bonds is 1. The van der Waals surface area contributed by atoms with Crippen LogP contribution in [-0.2, 0) is 10.8 Å². The maximum absolute atomic E-state index is 3.02. The predicted molar refractivity (Wildman–Crippen MR) is 331 cm³/mol. The lowest BCUT2D eigenvalue weighted by Crippen LogP contribution is -2.59. The SMILES string of the molecule is Cc1cc2c3cc1N1C4=CC(C)CC5=C4B(c4ccc(cc41)N1C4=C(C=C(C(C)(C)C)C(C4C)C3(C)CCC2(C)C)C2(C)CCCCC12C)C1C=C2C(=CC1N5c1cccc3c1sc1ccccc13)C(C)(C)CCC2(C)C. The second-order valence-electron chi connectivity index (χ2n) is 30.3. The summed E-state index contributed by atoms with van der Waals surface area (Å²) in [4.78, 5) is 8.83. The monoisotopic (exact) mass is 1030 g/mol. The Morgan fingerprint density at radius 2 is 1.39 bits per heavy atom. The molecule has 4 aliphatic heterocycles. The number of anilines is 4. The summed E-state index contributed by atoms with van der Waals surface area (Å²) in [6.07, 6.45) is 22.2. The molecule has 3 nitrogen and oxygen atoms in total. The summed E-state index contributed by atoms with van der Waals surface area (Å²) in [7, 11) is 0. The van der Waals surface area contributed by atoms with Gasteiger partial charge in [0.1, 0.15) is 0 Å². The van der Waals surface area contributed by atoms with E-state index in [1.165, 1.54) is 111 Å². The van der Waals surface area contributed by atoms with E-state index in [9.17, 15) is 0 Å². The van der Waals surface area contributed by atoms with Gasteiger partial charge in [0.25, 0.3) is 0 Å². The van der Waals surface area contributed by atoms with Gasteiger partial charge in [-0.2, -0.15) is 0 Å². The minimum absolute atomic E-state index is 0.0213. The molecule has 0 N–H and O–H groups in total. The van der Waals surface area contributed by atoms with Crippen molar-refractivity contribution in [1.82, 2.24) is 0 Å². The van der Waals surface area contributed by atoms with Crippen molar-refractivity contribution in [2.75, 3.05) is 14.7 Å². The first-order valence-corrected chi connectivity index (χ1v) is 31.2. The third kappa shape index (κ3) is 6.23. The fourth-order valence-electron chi connectivity index (χ4n) is 19.0. The highest BCUT2D eigenvalue weighted by atomic mass is 32.1. The molecule has 10 aliphatic rings. The molecular weight excluding hydrogens is 950 g/mol. The standard InChI is InChI=1S/C72H84BN3S/c1-41-33-59-63-60(34-41)75-56-40-50-47(35-42(56)2)69(11,12)31-32-70(50,13)62-43(3)64-52(37-51(62)66(4,5)6)71(14)27-18-19-28-72(71,15)76(64)44-25-26-53(57(75)36-44)73(63)54-38-48-49(68(9,10)30-29-67(48,7)8)39-58(54)74(59)55-23-20-22-46-45-21-16-17-24-61(45)77-65(46)55/h16-17,20-26,34-41,43,54,58,62H,18-19,27-33H2,1-15H3. The molecule has 4 aromatic carbocycles. The Kier molecular flexibility index (Phi) is 9.86. The van der Waals surface area contributed by atoms with Crippen molar-refractivity contribution >= 4 is 66.4 Å². The minimum Gasteiger partial charge on any atom is -0.338 e. The normalized spacial score (nSPS) is 32.8. The van der Waals surface area contributed by atoms with Crippen molar-refractivity contribution in [3.63, 3.8) is 0 Å². The summed E-state index contributed by atoms with van der Waals surface area (Å²) in [6, 6.07) is 30.1. The number of allylic oxidation sites excluding steroid dienone is 8. The van der Waals surface area contributed by atoms with Gasteiger partial charge in [0.15, 0.2) is 0 Å². The number of fused-ring (bicyclic) bond motifs is 17. The van der Waals surface area contributed by atoms with Crippen molar-refractivity contribution in [2.45, 2.75) is 190 Å². The Morgan fingerprint density at radius 1 is 0.675 bits per heavy atom. The molecule has 5 aromatic rings. The molecule has 15 rings (SSSR count). The number of hydrogen-bond donors (Lipinski definition) is 0. The van der Waals surface area contributed by atoms with Gasteiger partial charge in [-0.25, -0.2) is 0 Å². The first-order valence-electron chi connectivity index (χ1n) is 30.3. The summed E-state index contributed by atoms with van der Waals surface area (Å²) < 4.78 is 2.80. The van der Waals surface area contributed by atoms with Crippen LogP contribution in [-0.4, -0.2) is 18.3 Å². The average molecular weight is 1030 g/mol. The van der Waals surface area contributed by atoms with E-state index in [1.54, 1.807) is 50.3 Å². The lowest BCUT2D eigenvalue weighted by Gasteiger charge is -2.57. The summed E-state index contributed by atoms with van der Waals surface area (Å²) in [5.41, 5.74) is 24.6. The molecule has 8 unspecified atom stereocenters. The van der Waals surface area contributed by atoms with Crippen LogP contribution < -0.4 is 20.2 Å². The van der Waals surface area contributed by atoms with Gasteiger partial charge in [0.2, 0.25) is 6.71 Å². The van der Waals surface area contributed by atoms with Crippen LogP contribution >= 0.6 is 11.3 Å². The molecule has 5 heteroatoms. The molecule has 0 amide bonds. The van der Waals surface area contributed by atoms with E-state index in [1.807, 2.05) is 11.3 Å². The second-order valence-corrected chi connectivity index (χ2v) is 31.4. The highest BCUT2D eigenvalue weighted by Crippen LogP contribution is 2.69. The summed E-state index contributed by atoms with van der Waals surface area (Å²) in [5.74, 6) is 1.30. The molecule has 77 heavy (non-hydrogen) atoms. The predicted octanol–water partition coefficient (Wildman–Crippen LogP) is 18.9. The van der Waals surface area contributed by atoms with Crippen LogP contribution in [0, 0.1) is 46.3 Å². The first kappa shape index (κ1) is 49.1. The summed E-state index contributed by atoms with van der Waals surface area (Å²) >= 11 is 2.00. The fourth-order valence-corrected chi connectivity index (χ4v) is 20.2. The molecule has 0 spiro atoms. The van der Waals surface area contributed by atoms with Crippen LogP contribution in [0.3, 0.4) is 0 Å². The van der Waals surface area contributed by atoms with Gasteiger partial charge in [-0.05, 0) is 173 Å². The van der Waals surface area contributed by atoms with E-state index in [2.05, 4.69) is 216 Å². The van der Waals surface area contributed by atoms with Crippen LogP contribution in [0.1, 0.15) is 171 Å². The number of nitrogens with zero attached hydrogens (tertiary/aromatic N) is 3. The van der Waals surface area contributed by atoms with Crippen molar-refractivity contribution in [1.29, 1.82) is 0 Å². The molecule has 0 radical (unpaired) electrons. The van der Waals surface area contributed by atoms with Gasteiger partial charge in [0.05, 0.1) is 22.0 Å². The molecule has 0 saturated heterocycles. The summed E-state index contributed by atoms with van der Waals surface area (Å²) in [6.45, 7) is 38.9. The largest absolute Gasteiger partial charge is 0.338 e. The maximum Gasteiger partial charge on any atom is 0.226 e. The Balaban J connectivity index is 1.07. The Labute approximate surface area is 466 Å². The molecule has 5 heterocycles. The highest BCUT2D eigenvalue weighted by Gasteiger charge is 2.64.